The van der Waals surface area contributed by atoms with Gasteiger partial charge in [-0.1, -0.05) is 6.07 Å². The predicted octanol–water partition coefficient (Wildman–Crippen LogP) is 2.41. The highest BCUT2D eigenvalue weighted by atomic mass is 19.1. The molecule has 0 bridgehead atoms. The Morgan fingerprint density at radius 3 is 2.50 bits per heavy atom. The molecule has 86 valence electrons. The highest BCUT2D eigenvalue weighted by molar-refractivity contribution is 5.58. The van der Waals surface area contributed by atoms with E-state index in [9.17, 15) is 9.50 Å². The van der Waals surface area contributed by atoms with E-state index in [2.05, 4.69) is 4.90 Å². The zero-order valence-corrected chi connectivity index (χ0v) is 9.25. The molecule has 1 N–H and O–H groups in total. The van der Waals surface area contributed by atoms with Crippen LogP contribution in [0.3, 0.4) is 0 Å². The minimum atomic E-state index is -0.886. The van der Waals surface area contributed by atoms with Crippen molar-refractivity contribution >= 4 is 5.69 Å². The Kier molecular flexibility index (Phi) is 2.18. The Morgan fingerprint density at radius 2 is 1.88 bits per heavy atom. The molecule has 1 aromatic carbocycles. The maximum atomic E-state index is 13.9. The van der Waals surface area contributed by atoms with Gasteiger partial charge in [0.15, 0.2) is 0 Å². The molecule has 0 radical (unpaired) electrons. The SMILES string of the molecule is OC1(c2c(F)cccc2N2CCCC2)CC1. The first-order valence-electron chi connectivity index (χ1n) is 5.97. The van der Waals surface area contributed by atoms with Gasteiger partial charge in [0.2, 0.25) is 0 Å². The van der Waals surface area contributed by atoms with Gasteiger partial charge in [0.05, 0.1) is 5.60 Å². The largest absolute Gasteiger partial charge is 0.385 e. The summed E-state index contributed by atoms with van der Waals surface area (Å²) in [6.07, 6.45) is 3.70. The molecular formula is C13H16FNO. The minimum Gasteiger partial charge on any atom is -0.385 e. The third-order valence-electron chi connectivity index (χ3n) is 3.63. The summed E-state index contributed by atoms with van der Waals surface area (Å²) in [6, 6.07) is 5.11. The van der Waals surface area contributed by atoms with Gasteiger partial charge >= 0.3 is 0 Å². The second kappa shape index (κ2) is 3.45. The Labute approximate surface area is 94.7 Å². The van der Waals surface area contributed by atoms with Gasteiger partial charge in [-0.15, -0.1) is 0 Å². The Bertz CT molecular complexity index is 408. The molecule has 0 unspecified atom stereocenters. The fourth-order valence-electron chi connectivity index (χ4n) is 2.56. The third-order valence-corrected chi connectivity index (χ3v) is 3.63. The molecule has 1 aliphatic heterocycles. The molecule has 3 rings (SSSR count). The molecule has 1 aromatic rings. The number of hydrogen-bond acceptors (Lipinski definition) is 2. The second-order valence-electron chi connectivity index (χ2n) is 4.86. The zero-order chi connectivity index (χ0) is 11.2. The van der Waals surface area contributed by atoms with E-state index < -0.39 is 5.60 Å². The van der Waals surface area contributed by atoms with Gasteiger partial charge in [-0.05, 0) is 37.8 Å². The smallest absolute Gasteiger partial charge is 0.131 e. The number of halogens is 1. The number of nitrogens with zero attached hydrogens (tertiary/aromatic N) is 1. The molecule has 1 heterocycles. The molecule has 2 fully saturated rings. The number of rotatable bonds is 2. The van der Waals surface area contributed by atoms with Crippen LogP contribution in [0.4, 0.5) is 10.1 Å². The van der Waals surface area contributed by atoms with Crippen molar-refractivity contribution in [1.29, 1.82) is 0 Å². The second-order valence-corrected chi connectivity index (χ2v) is 4.86. The highest BCUT2D eigenvalue weighted by Crippen LogP contribution is 2.50. The summed E-state index contributed by atoms with van der Waals surface area (Å²) in [7, 11) is 0. The van der Waals surface area contributed by atoms with Gasteiger partial charge in [-0.25, -0.2) is 4.39 Å². The van der Waals surface area contributed by atoms with Gasteiger partial charge in [0.25, 0.3) is 0 Å². The summed E-state index contributed by atoms with van der Waals surface area (Å²) in [4.78, 5) is 2.19. The summed E-state index contributed by atoms with van der Waals surface area (Å²) in [5.74, 6) is -0.260. The van der Waals surface area contributed by atoms with Gasteiger partial charge in [0, 0.05) is 24.3 Å². The molecule has 2 aliphatic rings. The van der Waals surface area contributed by atoms with Gasteiger partial charge in [-0.3, -0.25) is 0 Å². The van der Waals surface area contributed by atoms with Gasteiger partial charge < -0.3 is 10.0 Å². The molecule has 3 heteroatoms. The van der Waals surface area contributed by atoms with Crippen LogP contribution >= 0.6 is 0 Å². The summed E-state index contributed by atoms with van der Waals surface area (Å²) in [6.45, 7) is 1.96. The normalized spacial score (nSPS) is 22.5. The standard InChI is InChI=1S/C13H16FNO/c14-10-4-3-5-11(15-8-1-2-9-15)12(10)13(16)6-7-13/h3-5,16H,1-2,6-9H2. The van der Waals surface area contributed by atoms with Crippen molar-refractivity contribution in [2.24, 2.45) is 0 Å². The summed E-state index contributed by atoms with van der Waals surface area (Å²) < 4.78 is 13.9. The average Bonchev–Trinajstić information content (AvgIpc) is 2.83. The molecule has 1 aliphatic carbocycles. The number of hydrogen-bond donors (Lipinski definition) is 1. The number of benzene rings is 1. The molecule has 16 heavy (non-hydrogen) atoms. The minimum absolute atomic E-state index is 0.260. The molecule has 0 amide bonds. The van der Waals surface area contributed by atoms with Crippen LogP contribution in [0.15, 0.2) is 18.2 Å². The highest BCUT2D eigenvalue weighted by Gasteiger charge is 2.46. The van der Waals surface area contributed by atoms with Crippen LogP contribution in [0.1, 0.15) is 31.2 Å². The van der Waals surface area contributed by atoms with Crippen molar-refractivity contribution in [2.45, 2.75) is 31.3 Å². The lowest BCUT2D eigenvalue weighted by atomic mass is 10.0. The van der Waals surface area contributed by atoms with E-state index in [0.717, 1.165) is 31.6 Å². The van der Waals surface area contributed by atoms with Gasteiger partial charge in [-0.2, -0.15) is 0 Å². The quantitative estimate of drug-likeness (QED) is 0.829. The lowest BCUT2D eigenvalue weighted by Gasteiger charge is -2.24. The maximum Gasteiger partial charge on any atom is 0.131 e. The molecule has 0 atom stereocenters. The Morgan fingerprint density at radius 1 is 1.19 bits per heavy atom. The fraction of sp³-hybridized carbons (Fsp3) is 0.538. The number of aliphatic hydroxyl groups is 1. The first-order chi connectivity index (χ1) is 7.71. The van der Waals surface area contributed by atoms with E-state index in [1.807, 2.05) is 6.07 Å². The molecular weight excluding hydrogens is 205 g/mol. The fourth-order valence-corrected chi connectivity index (χ4v) is 2.56. The van der Waals surface area contributed by atoms with Crippen LogP contribution in [0.2, 0.25) is 0 Å². The van der Waals surface area contributed by atoms with Crippen LogP contribution in [-0.4, -0.2) is 18.2 Å². The van der Waals surface area contributed by atoms with Crippen molar-refractivity contribution in [3.8, 4) is 0 Å². The molecule has 0 aromatic heterocycles. The third kappa shape index (κ3) is 1.50. The summed E-state index contributed by atoms with van der Waals surface area (Å²) in [5, 5.41) is 10.2. The Hall–Kier alpha value is -1.09. The van der Waals surface area contributed by atoms with Crippen LogP contribution in [-0.2, 0) is 5.60 Å². The van der Waals surface area contributed by atoms with E-state index in [-0.39, 0.29) is 5.82 Å². The lowest BCUT2D eigenvalue weighted by Crippen LogP contribution is -2.22. The van der Waals surface area contributed by atoms with E-state index in [1.54, 1.807) is 6.07 Å². The zero-order valence-electron chi connectivity index (χ0n) is 9.25. The van der Waals surface area contributed by atoms with Crippen molar-refractivity contribution in [1.82, 2.24) is 0 Å². The molecule has 1 saturated carbocycles. The predicted molar refractivity (Wildman–Crippen MR) is 61.0 cm³/mol. The summed E-state index contributed by atoms with van der Waals surface area (Å²) in [5.41, 5.74) is 0.540. The van der Waals surface area contributed by atoms with E-state index >= 15 is 0 Å². The van der Waals surface area contributed by atoms with Crippen molar-refractivity contribution in [3.05, 3.63) is 29.6 Å². The van der Waals surface area contributed by atoms with E-state index in [1.165, 1.54) is 6.07 Å². The van der Waals surface area contributed by atoms with E-state index in [4.69, 9.17) is 0 Å². The van der Waals surface area contributed by atoms with Crippen LogP contribution in [0.5, 0.6) is 0 Å². The van der Waals surface area contributed by atoms with Crippen molar-refractivity contribution in [2.75, 3.05) is 18.0 Å². The van der Waals surface area contributed by atoms with Crippen molar-refractivity contribution < 1.29 is 9.50 Å². The average molecular weight is 221 g/mol. The lowest BCUT2D eigenvalue weighted by molar-refractivity contribution is 0.147. The summed E-state index contributed by atoms with van der Waals surface area (Å²) >= 11 is 0. The topological polar surface area (TPSA) is 23.5 Å². The van der Waals surface area contributed by atoms with Crippen LogP contribution < -0.4 is 4.90 Å². The van der Waals surface area contributed by atoms with Crippen LogP contribution in [0, 0.1) is 5.82 Å². The van der Waals surface area contributed by atoms with Gasteiger partial charge in [0.1, 0.15) is 5.82 Å². The molecule has 1 saturated heterocycles. The first kappa shape index (κ1) is 10.1. The maximum absolute atomic E-state index is 13.9. The molecule has 0 spiro atoms. The van der Waals surface area contributed by atoms with E-state index in [0.29, 0.717) is 18.4 Å². The van der Waals surface area contributed by atoms with Crippen LogP contribution in [0.25, 0.3) is 0 Å². The number of anilines is 1. The monoisotopic (exact) mass is 221 g/mol. The molecule has 2 nitrogen and oxygen atoms in total. The Balaban J connectivity index is 2.06. The first-order valence-corrected chi connectivity index (χ1v) is 5.97. The van der Waals surface area contributed by atoms with Crippen molar-refractivity contribution in [3.63, 3.8) is 0 Å².